The van der Waals surface area contributed by atoms with Crippen molar-refractivity contribution in [1.29, 1.82) is 5.26 Å². The SMILES string of the molecule is N#CC1(CCCOc2ccccc2)CCOC1. The molecule has 0 aromatic heterocycles. The molecule has 1 aromatic carbocycles. The number of nitriles is 1. The van der Waals surface area contributed by atoms with Crippen molar-refractivity contribution < 1.29 is 9.47 Å². The summed E-state index contributed by atoms with van der Waals surface area (Å²) in [5.74, 6) is 0.890. The number of ether oxygens (including phenoxy) is 2. The molecule has 0 aliphatic carbocycles. The third kappa shape index (κ3) is 3.21. The van der Waals surface area contributed by atoms with Gasteiger partial charge in [0.25, 0.3) is 0 Å². The lowest BCUT2D eigenvalue weighted by Gasteiger charge is -2.17. The van der Waals surface area contributed by atoms with E-state index in [0.717, 1.165) is 25.0 Å². The summed E-state index contributed by atoms with van der Waals surface area (Å²) in [5.41, 5.74) is -0.264. The second-order valence-corrected chi connectivity index (χ2v) is 4.46. The lowest BCUT2D eigenvalue weighted by molar-refractivity contribution is 0.164. The van der Waals surface area contributed by atoms with Crippen LogP contribution in [0.5, 0.6) is 5.75 Å². The number of nitrogens with zero attached hydrogens (tertiary/aromatic N) is 1. The van der Waals surface area contributed by atoms with E-state index in [-0.39, 0.29) is 5.41 Å². The minimum atomic E-state index is -0.264. The van der Waals surface area contributed by atoms with E-state index in [1.165, 1.54) is 0 Å². The minimum absolute atomic E-state index is 0.264. The predicted octanol–water partition coefficient (Wildman–Crippen LogP) is 2.78. The van der Waals surface area contributed by atoms with Gasteiger partial charge in [-0.1, -0.05) is 18.2 Å². The Labute approximate surface area is 102 Å². The second kappa shape index (κ2) is 5.70. The number of para-hydroxylation sites is 1. The van der Waals surface area contributed by atoms with Crippen molar-refractivity contribution in [3.05, 3.63) is 30.3 Å². The van der Waals surface area contributed by atoms with Gasteiger partial charge in [-0.3, -0.25) is 0 Å². The van der Waals surface area contributed by atoms with Crippen LogP contribution in [-0.4, -0.2) is 19.8 Å². The maximum atomic E-state index is 9.16. The molecule has 1 aliphatic rings. The maximum Gasteiger partial charge on any atom is 0.119 e. The predicted molar refractivity (Wildman–Crippen MR) is 64.7 cm³/mol. The van der Waals surface area contributed by atoms with Crippen molar-refractivity contribution in [3.63, 3.8) is 0 Å². The molecule has 1 saturated heterocycles. The van der Waals surface area contributed by atoms with Gasteiger partial charge in [-0.25, -0.2) is 0 Å². The molecule has 3 heteroatoms. The number of rotatable bonds is 5. The summed E-state index contributed by atoms with van der Waals surface area (Å²) in [6.45, 7) is 1.95. The molecule has 0 spiro atoms. The fourth-order valence-electron chi connectivity index (χ4n) is 2.07. The van der Waals surface area contributed by atoms with E-state index < -0.39 is 0 Å². The first-order valence-electron chi connectivity index (χ1n) is 6.02. The molecule has 0 bridgehead atoms. The highest BCUT2D eigenvalue weighted by Crippen LogP contribution is 2.32. The van der Waals surface area contributed by atoms with Crippen LogP contribution in [0, 0.1) is 16.7 Å². The number of benzene rings is 1. The molecule has 1 aliphatic heterocycles. The van der Waals surface area contributed by atoms with Crippen LogP contribution in [0.2, 0.25) is 0 Å². The molecular weight excluding hydrogens is 214 g/mol. The zero-order valence-electron chi connectivity index (χ0n) is 9.89. The first-order chi connectivity index (χ1) is 8.35. The van der Waals surface area contributed by atoms with Crippen LogP contribution in [0.3, 0.4) is 0 Å². The summed E-state index contributed by atoms with van der Waals surface area (Å²) in [6, 6.07) is 12.2. The summed E-state index contributed by atoms with van der Waals surface area (Å²) in [6.07, 6.45) is 2.61. The molecule has 1 atom stereocenters. The molecule has 90 valence electrons. The molecule has 3 nitrogen and oxygen atoms in total. The van der Waals surface area contributed by atoms with Crippen molar-refractivity contribution in [1.82, 2.24) is 0 Å². The van der Waals surface area contributed by atoms with Crippen LogP contribution >= 0.6 is 0 Å². The largest absolute Gasteiger partial charge is 0.494 e. The standard InChI is InChI=1S/C14H17NO2/c15-11-14(8-10-16-12-14)7-4-9-17-13-5-2-1-3-6-13/h1-3,5-6H,4,7-10,12H2. The Kier molecular flexibility index (Phi) is 4.00. The van der Waals surface area contributed by atoms with Crippen molar-refractivity contribution in [3.8, 4) is 11.8 Å². The van der Waals surface area contributed by atoms with E-state index in [4.69, 9.17) is 14.7 Å². The highest BCUT2D eigenvalue weighted by Gasteiger charge is 2.34. The quantitative estimate of drug-likeness (QED) is 0.732. The zero-order chi connectivity index (χ0) is 12.0. The van der Waals surface area contributed by atoms with E-state index in [1.54, 1.807) is 0 Å². The summed E-state index contributed by atoms with van der Waals surface area (Å²) in [5, 5.41) is 9.16. The molecule has 1 unspecified atom stereocenters. The molecule has 0 N–H and O–H groups in total. The molecule has 0 radical (unpaired) electrons. The second-order valence-electron chi connectivity index (χ2n) is 4.46. The maximum absolute atomic E-state index is 9.16. The molecule has 1 fully saturated rings. The lowest BCUT2D eigenvalue weighted by atomic mass is 9.84. The van der Waals surface area contributed by atoms with Crippen molar-refractivity contribution in [2.24, 2.45) is 5.41 Å². The average Bonchev–Trinajstić information content (AvgIpc) is 2.85. The molecule has 1 aromatic rings. The normalized spacial score (nSPS) is 23.2. The highest BCUT2D eigenvalue weighted by atomic mass is 16.5. The molecule has 17 heavy (non-hydrogen) atoms. The molecular formula is C14H17NO2. The fraction of sp³-hybridized carbons (Fsp3) is 0.500. The van der Waals surface area contributed by atoms with Gasteiger partial charge in [0.15, 0.2) is 0 Å². The minimum Gasteiger partial charge on any atom is -0.494 e. The number of hydrogen-bond acceptors (Lipinski definition) is 3. The van der Waals surface area contributed by atoms with E-state index in [0.29, 0.717) is 19.8 Å². The summed E-state index contributed by atoms with van der Waals surface area (Å²) >= 11 is 0. The number of hydrogen-bond donors (Lipinski definition) is 0. The van der Waals surface area contributed by atoms with E-state index >= 15 is 0 Å². The van der Waals surface area contributed by atoms with Crippen LogP contribution < -0.4 is 4.74 Å². The Hall–Kier alpha value is -1.53. The summed E-state index contributed by atoms with van der Waals surface area (Å²) in [7, 11) is 0. The Morgan fingerprint density at radius 2 is 2.18 bits per heavy atom. The third-order valence-corrected chi connectivity index (χ3v) is 3.15. The van der Waals surface area contributed by atoms with Crippen molar-refractivity contribution >= 4 is 0 Å². The van der Waals surface area contributed by atoms with Crippen LogP contribution in [-0.2, 0) is 4.74 Å². The summed E-state index contributed by atoms with van der Waals surface area (Å²) in [4.78, 5) is 0. The first-order valence-corrected chi connectivity index (χ1v) is 6.02. The Balaban J connectivity index is 1.71. The zero-order valence-corrected chi connectivity index (χ0v) is 9.89. The molecule has 0 amide bonds. The topological polar surface area (TPSA) is 42.2 Å². The summed E-state index contributed by atoms with van der Waals surface area (Å²) < 4.78 is 10.9. The van der Waals surface area contributed by atoms with Gasteiger partial charge < -0.3 is 9.47 Å². The Morgan fingerprint density at radius 1 is 1.35 bits per heavy atom. The van der Waals surface area contributed by atoms with Gasteiger partial charge in [0.2, 0.25) is 0 Å². The van der Waals surface area contributed by atoms with Crippen LogP contribution in [0.1, 0.15) is 19.3 Å². The monoisotopic (exact) mass is 231 g/mol. The van der Waals surface area contributed by atoms with Gasteiger partial charge in [-0.15, -0.1) is 0 Å². The van der Waals surface area contributed by atoms with Gasteiger partial charge in [0.05, 0.1) is 24.7 Å². The van der Waals surface area contributed by atoms with E-state index in [9.17, 15) is 0 Å². The van der Waals surface area contributed by atoms with Gasteiger partial charge >= 0.3 is 0 Å². The lowest BCUT2D eigenvalue weighted by Crippen LogP contribution is -2.19. The Morgan fingerprint density at radius 3 is 2.82 bits per heavy atom. The Bertz CT molecular complexity index is 377. The smallest absolute Gasteiger partial charge is 0.119 e. The van der Waals surface area contributed by atoms with Gasteiger partial charge in [-0.2, -0.15) is 5.26 Å². The average molecular weight is 231 g/mol. The van der Waals surface area contributed by atoms with Crippen molar-refractivity contribution in [2.75, 3.05) is 19.8 Å². The molecule has 1 heterocycles. The van der Waals surface area contributed by atoms with Gasteiger partial charge in [-0.05, 0) is 31.4 Å². The van der Waals surface area contributed by atoms with Gasteiger partial charge in [0.1, 0.15) is 5.75 Å². The molecule has 2 rings (SSSR count). The third-order valence-electron chi connectivity index (χ3n) is 3.15. The molecule has 0 saturated carbocycles. The van der Waals surface area contributed by atoms with E-state index in [1.807, 2.05) is 30.3 Å². The first kappa shape index (κ1) is 11.9. The van der Waals surface area contributed by atoms with E-state index in [2.05, 4.69) is 6.07 Å². The van der Waals surface area contributed by atoms with Crippen LogP contribution in [0.25, 0.3) is 0 Å². The van der Waals surface area contributed by atoms with Crippen molar-refractivity contribution in [2.45, 2.75) is 19.3 Å². The highest BCUT2D eigenvalue weighted by molar-refractivity contribution is 5.20. The fourth-order valence-corrected chi connectivity index (χ4v) is 2.07. The van der Waals surface area contributed by atoms with Crippen LogP contribution in [0.15, 0.2) is 30.3 Å². The van der Waals surface area contributed by atoms with Crippen LogP contribution in [0.4, 0.5) is 0 Å². The van der Waals surface area contributed by atoms with Gasteiger partial charge in [0, 0.05) is 6.61 Å².